The zero-order chi connectivity index (χ0) is 25.5. The first-order valence-electron chi connectivity index (χ1n) is 12.7. The number of hydrazone groups is 1. The average molecular weight is 511 g/mol. The molecule has 1 N–H and O–H groups in total. The molecule has 192 valence electrons. The van der Waals surface area contributed by atoms with E-state index in [1.165, 1.54) is 57.9 Å². The molecule has 36 heavy (non-hydrogen) atoms. The second kappa shape index (κ2) is 9.54. The van der Waals surface area contributed by atoms with Crippen molar-refractivity contribution in [1.82, 2.24) is 5.43 Å². The third-order valence-electron chi connectivity index (χ3n) is 8.10. The Kier molecular flexibility index (Phi) is 6.57. The molecule has 0 unspecified atom stereocenters. The highest BCUT2D eigenvalue weighted by Crippen LogP contribution is 2.61. The van der Waals surface area contributed by atoms with Gasteiger partial charge in [-0.25, -0.2) is 5.43 Å². The Morgan fingerprint density at radius 3 is 2.33 bits per heavy atom. The molecule has 0 atom stereocenters. The van der Waals surface area contributed by atoms with Crippen molar-refractivity contribution in [2.45, 2.75) is 63.7 Å². The lowest BCUT2D eigenvalue weighted by Gasteiger charge is -2.56. The second-order valence-electron chi connectivity index (χ2n) is 11.1. The Labute approximate surface area is 213 Å². The smallest absolute Gasteiger partial charge is 0.339 e. The predicted octanol–water partition coefficient (Wildman–Crippen LogP) is 5.14. The van der Waals surface area contributed by atoms with Gasteiger partial charge in [-0.1, -0.05) is 12.1 Å². The SMILES string of the molecule is COc1cc(/C=N\NC(=O)CC23CC4CC(CC(C4)C2)C3)ccc1OS(=O)(=O)c1cc(C)ccc1C. The number of ether oxygens (including phenoxy) is 1. The standard InChI is InChI=1S/C28H34N2O5S/c1-18-4-5-19(2)26(8-18)36(32,33)35-24-7-6-20(12-25(24)34-3)17-29-30-27(31)16-28-13-21-9-22(14-28)11-23(10-21)15-28/h4-8,12,17,21-23H,9-11,13-16H2,1-3H3,(H,30,31)/b29-17-. The van der Waals surface area contributed by atoms with Gasteiger partial charge in [0.2, 0.25) is 5.91 Å². The highest BCUT2D eigenvalue weighted by molar-refractivity contribution is 7.87. The van der Waals surface area contributed by atoms with E-state index in [2.05, 4.69) is 10.5 Å². The first kappa shape index (κ1) is 24.8. The minimum Gasteiger partial charge on any atom is -0.493 e. The normalized spacial score (nSPS) is 26.8. The Hall–Kier alpha value is -2.87. The number of rotatable bonds is 8. The molecule has 0 heterocycles. The quantitative estimate of drug-likeness (QED) is 0.302. The monoisotopic (exact) mass is 510 g/mol. The van der Waals surface area contributed by atoms with E-state index in [0.717, 1.165) is 23.3 Å². The van der Waals surface area contributed by atoms with E-state index in [1.807, 2.05) is 13.0 Å². The summed E-state index contributed by atoms with van der Waals surface area (Å²) in [5.41, 5.74) is 4.94. The molecule has 6 rings (SSSR count). The first-order valence-corrected chi connectivity index (χ1v) is 14.1. The Morgan fingerprint density at radius 1 is 1.03 bits per heavy atom. The van der Waals surface area contributed by atoms with Gasteiger partial charge in [0.15, 0.2) is 11.5 Å². The fourth-order valence-corrected chi connectivity index (χ4v) is 8.29. The van der Waals surface area contributed by atoms with Crippen molar-refractivity contribution < 1.29 is 22.1 Å². The molecular weight excluding hydrogens is 476 g/mol. The summed E-state index contributed by atoms with van der Waals surface area (Å²) in [5, 5.41) is 4.15. The third kappa shape index (κ3) is 5.14. The minimum absolute atomic E-state index is 0.0419. The van der Waals surface area contributed by atoms with Crippen molar-refractivity contribution in [2.24, 2.45) is 28.3 Å². The van der Waals surface area contributed by atoms with Crippen molar-refractivity contribution in [3.63, 3.8) is 0 Å². The minimum atomic E-state index is -4.03. The van der Waals surface area contributed by atoms with Gasteiger partial charge in [-0.2, -0.15) is 13.5 Å². The number of methoxy groups -OCH3 is 1. The Balaban J connectivity index is 1.23. The van der Waals surface area contributed by atoms with Crippen molar-refractivity contribution in [3.05, 3.63) is 53.1 Å². The van der Waals surface area contributed by atoms with Crippen LogP contribution in [-0.4, -0.2) is 27.6 Å². The maximum absolute atomic E-state index is 12.9. The maximum atomic E-state index is 12.9. The van der Waals surface area contributed by atoms with Gasteiger partial charge in [0.1, 0.15) is 4.90 Å². The van der Waals surface area contributed by atoms with Gasteiger partial charge in [0, 0.05) is 6.42 Å². The number of carbonyl (C=O) groups is 1. The number of nitrogens with zero attached hydrogens (tertiary/aromatic N) is 1. The number of nitrogens with one attached hydrogen (secondary N) is 1. The Bertz CT molecular complexity index is 1270. The van der Waals surface area contributed by atoms with E-state index < -0.39 is 10.1 Å². The summed E-state index contributed by atoms with van der Waals surface area (Å²) < 4.78 is 36.5. The van der Waals surface area contributed by atoms with Crippen molar-refractivity contribution in [2.75, 3.05) is 7.11 Å². The molecule has 0 spiro atoms. The van der Waals surface area contributed by atoms with Crippen molar-refractivity contribution >= 4 is 22.2 Å². The lowest BCUT2D eigenvalue weighted by Crippen LogP contribution is -2.47. The molecule has 4 aliphatic rings. The summed E-state index contributed by atoms with van der Waals surface area (Å²) in [6.07, 6.45) is 9.67. The van der Waals surface area contributed by atoms with Crippen LogP contribution < -0.4 is 14.3 Å². The number of benzene rings is 2. The molecular formula is C28H34N2O5S. The highest BCUT2D eigenvalue weighted by Gasteiger charge is 2.51. The van der Waals surface area contributed by atoms with Crippen LogP contribution in [0.3, 0.4) is 0 Å². The largest absolute Gasteiger partial charge is 0.493 e. The van der Waals surface area contributed by atoms with E-state index in [9.17, 15) is 13.2 Å². The molecule has 0 aliphatic heterocycles. The molecule has 2 aromatic carbocycles. The molecule has 0 aromatic heterocycles. The van der Waals surface area contributed by atoms with Crippen LogP contribution in [0.25, 0.3) is 0 Å². The predicted molar refractivity (Wildman–Crippen MR) is 138 cm³/mol. The van der Waals surface area contributed by atoms with Crippen LogP contribution in [0.4, 0.5) is 0 Å². The molecule has 0 saturated heterocycles. The van der Waals surface area contributed by atoms with Crippen LogP contribution in [0.15, 0.2) is 46.4 Å². The zero-order valence-corrected chi connectivity index (χ0v) is 21.9. The third-order valence-corrected chi connectivity index (χ3v) is 9.48. The van der Waals surface area contributed by atoms with Gasteiger partial charge < -0.3 is 8.92 Å². The average Bonchev–Trinajstić information content (AvgIpc) is 2.80. The fraction of sp³-hybridized carbons (Fsp3) is 0.500. The molecule has 2 aromatic rings. The van der Waals surface area contributed by atoms with Crippen LogP contribution in [0, 0.1) is 37.0 Å². The van der Waals surface area contributed by atoms with E-state index in [1.54, 1.807) is 31.2 Å². The molecule has 4 bridgehead atoms. The van der Waals surface area contributed by atoms with Gasteiger partial charge in [0.05, 0.1) is 13.3 Å². The van der Waals surface area contributed by atoms with Gasteiger partial charge in [0.25, 0.3) is 0 Å². The zero-order valence-electron chi connectivity index (χ0n) is 21.1. The van der Waals surface area contributed by atoms with Crippen LogP contribution in [-0.2, 0) is 14.9 Å². The molecule has 4 saturated carbocycles. The van der Waals surface area contributed by atoms with E-state index >= 15 is 0 Å². The van der Waals surface area contributed by atoms with E-state index in [-0.39, 0.29) is 27.7 Å². The van der Waals surface area contributed by atoms with Gasteiger partial charge in [-0.05, 0) is 116 Å². The lowest BCUT2D eigenvalue weighted by molar-refractivity contribution is -0.129. The first-order chi connectivity index (χ1) is 17.1. The Morgan fingerprint density at radius 2 is 1.69 bits per heavy atom. The van der Waals surface area contributed by atoms with Crippen LogP contribution in [0.1, 0.15) is 61.6 Å². The summed E-state index contributed by atoms with van der Waals surface area (Å²) in [4.78, 5) is 12.8. The number of aryl methyl sites for hydroxylation is 2. The van der Waals surface area contributed by atoms with Crippen LogP contribution in [0.5, 0.6) is 11.5 Å². The fourth-order valence-electron chi connectivity index (χ4n) is 7.04. The number of hydrogen-bond donors (Lipinski definition) is 1. The summed E-state index contributed by atoms with van der Waals surface area (Å²) in [5.74, 6) is 2.71. The molecule has 0 radical (unpaired) electrons. The number of amides is 1. The van der Waals surface area contributed by atoms with Crippen molar-refractivity contribution in [1.29, 1.82) is 0 Å². The van der Waals surface area contributed by atoms with Crippen molar-refractivity contribution in [3.8, 4) is 11.5 Å². The summed E-state index contributed by atoms with van der Waals surface area (Å²) in [7, 11) is -2.59. The highest BCUT2D eigenvalue weighted by atomic mass is 32.2. The molecule has 8 heteroatoms. The second-order valence-corrected chi connectivity index (χ2v) is 12.6. The lowest BCUT2D eigenvalue weighted by atomic mass is 9.49. The summed E-state index contributed by atoms with van der Waals surface area (Å²) in [6.45, 7) is 3.55. The van der Waals surface area contributed by atoms with E-state index in [4.69, 9.17) is 8.92 Å². The van der Waals surface area contributed by atoms with Gasteiger partial charge >= 0.3 is 10.1 Å². The van der Waals surface area contributed by atoms with Crippen LogP contribution >= 0.6 is 0 Å². The van der Waals surface area contributed by atoms with E-state index in [0.29, 0.717) is 17.5 Å². The molecule has 1 amide bonds. The molecule has 7 nitrogen and oxygen atoms in total. The molecule has 4 aliphatic carbocycles. The number of hydrogen-bond acceptors (Lipinski definition) is 6. The topological polar surface area (TPSA) is 94.1 Å². The number of carbonyl (C=O) groups excluding carboxylic acids is 1. The molecule has 4 fully saturated rings. The van der Waals surface area contributed by atoms with Gasteiger partial charge in [-0.15, -0.1) is 0 Å². The summed E-state index contributed by atoms with van der Waals surface area (Å²) in [6, 6.07) is 10.0. The van der Waals surface area contributed by atoms with Gasteiger partial charge in [-0.3, -0.25) is 4.79 Å². The van der Waals surface area contributed by atoms with Crippen LogP contribution in [0.2, 0.25) is 0 Å². The summed E-state index contributed by atoms with van der Waals surface area (Å²) >= 11 is 0. The maximum Gasteiger partial charge on any atom is 0.339 e.